The Morgan fingerprint density at radius 2 is 1.92 bits per heavy atom. The molecule has 0 aliphatic carbocycles. The van der Waals surface area contributed by atoms with Gasteiger partial charge in [-0.15, -0.1) is 0 Å². The molecular weight excluding hydrogens is 370 g/mol. The van der Waals surface area contributed by atoms with Crippen LogP contribution in [0.1, 0.15) is 16.2 Å². The van der Waals surface area contributed by atoms with E-state index in [2.05, 4.69) is 24.6 Å². The van der Waals surface area contributed by atoms with Gasteiger partial charge in [0.1, 0.15) is 27.3 Å². The molecule has 0 radical (unpaired) electrons. The fourth-order valence-electron chi connectivity index (χ4n) is 2.28. The number of rotatable bonds is 8. The van der Waals surface area contributed by atoms with Gasteiger partial charge in [-0.25, -0.2) is 18.8 Å². The molecule has 0 aliphatic rings. The molecule has 1 heterocycles. The van der Waals surface area contributed by atoms with E-state index in [0.29, 0.717) is 12.4 Å². The van der Waals surface area contributed by atoms with E-state index < -0.39 is 23.8 Å². The quantitative estimate of drug-likeness (QED) is 0.524. The average Bonchev–Trinajstić information content (AvgIpc) is 2.92. The predicted molar refractivity (Wildman–Crippen MR) is 102 cm³/mol. The molecule has 0 saturated carbocycles. The molecule has 7 nitrogen and oxygen atoms in total. The number of carboxylic acids is 1. The molecular formula is C17H25N3O4SSi. The van der Waals surface area contributed by atoms with Gasteiger partial charge in [0, 0.05) is 14.7 Å². The first-order chi connectivity index (χ1) is 12.0. The molecule has 1 aromatic heterocycles. The zero-order valence-corrected chi connectivity index (χ0v) is 17.3. The Kier molecular flexibility index (Phi) is 6.04. The Labute approximate surface area is 155 Å². The van der Waals surface area contributed by atoms with Crippen LogP contribution in [0.15, 0.2) is 40.4 Å². The van der Waals surface area contributed by atoms with Crippen molar-refractivity contribution in [1.29, 1.82) is 4.78 Å². The smallest absolute Gasteiger partial charge is 0.335 e. The third-order valence-corrected chi connectivity index (χ3v) is 7.52. The second-order valence-electron chi connectivity index (χ2n) is 7.31. The molecule has 26 heavy (non-hydrogen) atoms. The van der Waals surface area contributed by atoms with E-state index in [1.54, 1.807) is 11.5 Å². The Morgan fingerprint density at radius 3 is 2.46 bits per heavy atom. The fraction of sp³-hybridized carbons (Fsp3) is 0.412. The number of aryl methyl sites for hydroxylation is 1. The normalized spacial score (nSPS) is 14.2. The van der Waals surface area contributed by atoms with Gasteiger partial charge in [0.2, 0.25) is 0 Å². The first kappa shape index (κ1) is 20.3. The topological polar surface area (TPSA) is 105 Å². The first-order valence-electron chi connectivity index (χ1n) is 8.24. The third-order valence-electron chi connectivity index (χ3n) is 3.96. The summed E-state index contributed by atoms with van der Waals surface area (Å²) in [5, 5.41) is 9.23. The van der Waals surface area contributed by atoms with Crippen molar-refractivity contribution in [3.8, 4) is 0 Å². The van der Waals surface area contributed by atoms with Crippen molar-refractivity contribution in [3.63, 3.8) is 0 Å². The standard InChI is InChI=1S/C17H25N3O4SSi/c1-13-19-11-16(20(13)12-24-9-10-26(2,3)4)25(18,23)15-7-5-14(6-8-15)17(21)22/h5-8,11,18H,9-10,12H2,1-4H3,(H,21,22). The van der Waals surface area contributed by atoms with Crippen molar-refractivity contribution < 1.29 is 18.8 Å². The molecule has 0 spiro atoms. The molecule has 142 valence electrons. The third kappa shape index (κ3) is 4.80. The molecule has 1 aromatic carbocycles. The summed E-state index contributed by atoms with van der Waals surface area (Å²) in [7, 11) is -4.52. The molecule has 0 fully saturated rings. The van der Waals surface area contributed by atoms with Gasteiger partial charge in [-0.2, -0.15) is 0 Å². The SMILES string of the molecule is Cc1ncc(S(=N)(=O)c2ccc(C(=O)O)cc2)n1COCC[Si](C)(C)C. The number of benzene rings is 1. The van der Waals surface area contributed by atoms with Gasteiger partial charge in [0.25, 0.3) is 0 Å². The summed E-state index contributed by atoms with van der Waals surface area (Å²) in [5.41, 5.74) is 0.0864. The number of nitrogens with zero attached hydrogens (tertiary/aromatic N) is 2. The van der Waals surface area contributed by atoms with Crippen molar-refractivity contribution in [2.45, 2.75) is 49.3 Å². The number of nitrogens with one attached hydrogen (secondary N) is 1. The highest BCUT2D eigenvalue weighted by molar-refractivity contribution is 7.92. The van der Waals surface area contributed by atoms with Gasteiger partial charge in [0.15, 0.2) is 0 Å². The lowest BCUT2D eigenvalue weighted by Gasteiger charge is -2.17. The van der Waals surface area contributed by atoms with Crippen molar-refractivity contribution in [3.05, 3.63) is 41.9 Å². The number of aromatic nitrogens is 2. The minimum Gasteiger partial charge on any atom is -0.478 e. The van der Waals surface area contributed by atoms with Crippen LogP contribution in [0, 0.1) is 11.7 Å². The van der Waals surface area contributed by atoms with Crippen LogP contribution in [0.2, 0.25) is 25.7 Å². The summed E-state index contributed by atoms with van der Waals surface area (Å²) in [4.78, 5) is 15.4. The second-order valence-corrected chi connectivity index (χ2v) is 14.9. The number of carboxylic acid groups (broad SMARTS) is 1. The maximum absolute atomic E-state index is 13.1. The summed E-state index contributed by atoms with van der Waals surface area (Å²) < 4.78 is 28.9. The van der Waals surface area contributed by atoms with Gasteiger partial charge in [-0.05, 0) is 37.2 Å². The summed E-state index contributed by atoms with van der Waals surface area (Å²) in [6.45, 7) is 9.37. The van der Waals surface area contributed by atoms with Crippen LogP contribution in [-0.2, 0) is 21.2 Å². The van der Waals surface area contributed by atoms with Crippen molar-refractivity contribution in [2.24, 2.45) is 0 Å². The molecule has 0 bridgehead atoms. The minimum atomic E-state index is -3.32. The van der Waals surface area contributed by atoms with Crippen LogP contribution in [0.25, 0.3) is 0 Å². The minimum absolute atomic E-state index is 0.0864. The highest BCUT2D eigenvalue weighted by Gasteiger charge is 2.21. The average molecular weight is 396 g/mol. The van der Waals surface area contributed by atoms with Crippen molar-refractivity contribution in [2.75, 3.05) is 6.61 Å². The van der Waals surface area contributed by atoms with Crippen molar-refractivity contribution in [1.82, 2.24) is 9.55 Å². The van der Waals surface area contributed by atoms with E-state index in [1.807, 2.05) is 0 Å². The van der Waals surface area contributed by atoms with Crippen LogP contribution >= 0.6 is 0 Å². The first-order valence-corrected chi connectivity index (χ1v) is 13.5. The number of aromatic carboxylic acids is 1. The molecule has 2 aromatic rings. The molecule has 9 heteroatoms. The summed E-state index contributed by atoms with van der Waals surface area (Å²) in [6.07, 6.45) is 1.43. The number of carbonyl (C=O) groups is 1. The maximum atomic E-state index is 13.1. The van der Waals surface area contributed by atoms with E-state index in [4.69, 9.17) is 14.6 Å². The molecule has 1 unspecified atom stereocenters. The number of imidazole rings is 1. The lowest BCUT2D eigenvalue weighted by molar-refractivity contribution is 0.0696. The zero-order chi connectivity index (χ0) is 19.5. The van der Waals surface area contributed by atoms with Crippen molar-refractivity contribution >= 4 is 23.8 Å². The van der Waals surface area contributed by atoms with E-state index >= 15 is 0 Å². The van der Waals surface area contributed by atoms with Gasteiger partial charge in [-0.1, -0.05) is 19.6 Å². The van der Waals surface area contributed by atoms with Crippen LogP contribution in [-0.4, -0.2) is 39.5 Å². The lowest BCUT2D eigenvalue weighted by Crippen LogP contribution is -2.22. The second kappa shape index (κ2) is 7.73. The van der Waals surface area contributed by atoms with E-state index in [0.717, 1.165) is 6.04 Å². The predicted octanol–water partition coefficient (Wildman–Crippen LogP) is 3.67. The summed E-state index contributed by atoms with van der Waals surface area (Å²) in [6, 6.07) is 6.55. The van der Waals surface area contributed by atoms with E-state index in [-0.39, 0.29) is 22.2 Å². The van der Waals surface area contributed by atoms with Gasteiger partial charge in [0.05, 0.1) is 16.7 Å². The fourth-order valence-corrected chi connectivity index (χ4v) is 4.49. The zero-order valence-electron chi connectivity index (χ0n) is 15.5. The van der Waals surface area contributed by atoms with Gasteiger partial charge < -0.3 is 9.84 Å². The summed E-state index contributed by atoms with van der Waals surface area (Å²) >= 11 is 0. The van der Waals surface area contributed by atoms with Crippen LogP contribution in [0.5, 0.6) is 0 Å². The Morgan fingerprint density at radius 1 is 1.31 bits per heavy atom. The largest absolute Gasteiger partial charge is 0.478 e. The molecule has 0 aliphatic heterocycles. The molecule has 2 N–H and O–H groups in total. The monoisotopic (exact) mass is 395 g/mol. The lowest BCUT2D eigenvalue weighted by atomic mass is 10.2. The number of hydrogen-bond acceptors (Lipinski definition) is 5. The molecule has 2 rings (SSSR count). The van der Waals surface area contributed by atoms with Crippen LogP contribution < -0.4 is 0 Å². The molecule has 0 amide bonds. The molecule has 0 saturated heterocycles. The van der Waals surface area contributed by atoms with E-state index in [9.17, 15) is 9.00 Å². The van der Waals surface area contributed by atoms with Crippen LogP contribution in [0.3, 0.4) is 0 Å². The highest BCUT2D eigenvalue weighted by atomic mass is 32.2. The van der Waals surface area contributed by atoms with Crippen LogP contribution in [0.4, 0.5) is 0 Å². The van der Waals surface area contributed by atoms with E-state index in [1.165, 1.54) is 30.5 Å². The highest BCUT2D eigenvalue weighted by Crippen LogP contribution is 2.23. The Hall–Kier alpha value is -1.97. The maximum Gasteiger partial charge on any atom is 0.335 e. The summed E-state index contributed by atoms with van der Waals surface area (Å²) in [5.74, 6) is -0.445. The Balaban J connectivity index is 2.23. The van der Waals surface area contributed by atoms with Gasteiger partial charge in [-0.3, -0.25) is 4.57 Å². The van der Waals surface area contributed by atoms with Gasteiger partial charge >= 0.3 is 5.97 Å². The Bertz CT molecular complexity index is 884. The molecule has 1 atom stereocenters. The number of hydrogen-bond donors (Lipinski definition) is 2. The number of ether oxygens (including phenoxy) is 1.